The number of benzene rings is 1. The molecule has 0 unspecified atom stereocenters. The molecule has 2 heterocycles. The highest BCUT2D eigenvalue weighted by Crippen LogP contribution is 2.24. The largest absolute Gasteiger partial charge is 0.338 e. The summed E-state index contributed by atoms with van der Waals surface area (Å²) in [5.74, 6) is -0.0449. The first-order chi connectivity index (χ1) is 13.3. The highest BCUT2D eigenvalue weighted by atomic mass is 32.2. The van der Waals surface area contributed by atoms with Crippen molar-refractivity contribution in [2.45, 2.75) is 37.6 Å². The Bertz CT molecular complexity index is 964. The van der Waals surface area contributed by atoms with Crippen LogP contribution in [-0.2, 0) is 27.8 Å². The first-order valence-electron chi connectivity index (χ1n) is 9.19. The summed E-state index contributed by atoms with van der Waals surface area (Å²) in [6.07, 6.45) is 1.68. The van der Waals surface area contributed by atoms with Gasteiger partial charge in [0, 0.05) is 43.5 Å². The highest BCUT2D eigenvalue weighted by molar-refractivity contribution is 7.89. The number of carbonyl (C=O) groups excluding carboxylic acids is 2. The van der Waals surface area contributed by atoms with Gasteiger partial charge in [0.1, 0.15) is 0 Å². The van der Waals surface area contributed by atoms with Crippen LogP contribution in [0.2, 0.25) is 0 Å². The van der Waals surface area contributed by atoms with Gasteiger partial charge in [-0.15, -0.1) is 11.3 Å². The van der Waals surface area contributed by atoms with Crippen LogP contribution in [-0.4, -0.2) is 49.5 Å². The Morgan fingerprint density at radius 3 is 2.57 bits per heavy atom. The fourth-order valence-electron chi connectivity index (χ4n) is 3.23. The molecule has 1 aromatic heterocycles. The van der Waals surface area contributed by atoms with Crippen molar-refractivity contribution < 1.29 is 18.0 Å². The van der Waals surface area contributed by atoms with Gasteiger partial charge < -0.3 is 4.90 Å². The number of rotatable bonds is 7. The third-order valence-electron chi connectivity index (χ3n) is 4.99. The third-order valence-corrected chi connectivity index (χ3v) is 7.89. The maximum Gasteiger partial charge on any atom is 0.242 e. The van der Waals surface area contributed by atoms with Crippen molar-refractivity contribution in [3.8, 4) is 0 Å². The van der Waals surface area contributed by atoms with Crippen molar-refractivity contribution in [1.82, 2.24) is 9.21 Å². The summed E-state index contributed by atoms with van der Waals surface area (Å²) in [6.45, 7) is 3.07. The summed E-state index contributed by atoms with van der Waals surface area (Å²) in [5, 5.41) is 2.06. The average Bonchev–Trinajstić information content (AvgIpc) is 3.15. The van der Waals surface area contributed by atoms with E-state index in [0.29, 0.717) is 24.9 Å². The lowest BCUT2D eigenvalue weighted by atomic mass is 10.1. The summed E-state index contributed by atoms with van der Waals surface area (Å²) >= 11 is 1.73. The van der Waals surface area contributed by atoms with E-state index in [1.54, 1.807) is 11.3 Å². The van der Waals surface area contributed by atoms with E-state index in [9.17, 15) is 18.0 Å². The number of ketones is 1. The van der Waals surface area contributed by atoms with Crippen molar-refractivity contribution in [3.05, 3.63) is 51.7 Å². The van der Waals surface area contributed by atoms with Crippen LogP contribution in [0.1, 0.15) is 40.6 Å². The number of carbonyl (C=O) groups is 2. The molecule has 0 spiro atoms. The Kier molecular flexibility index (Phi) is 6.32. The maximum absolute atomic E-state index is 12.6. The van der Waals surface area contributed by atoms with Crippen LogP contribution in [0.15, 0.2) is 40.6 Å². The summed E-state index contributed by atoms with van der Waals surface area (Å²) < 4.78 is 26.6. The zero-order valence-electron chi connectivity index (χ0n) is 16.1. The van der Waals surface area contributed by atoms with E-state index >= 15 is 0 Å². The number of thiophene rings is 1. The molecule has 1 aliphatic heterocycles. The lowest BCUT2D eigenvalue weighted by molar-refractivity contribution is -0.132. The Balaban J connectivity index is 1.52. The van der Waals surface area contributed by atoms with E-state index in [0.717, 1.165) is 13.0 Å². The van der Waals surface area contributed by atoms with Crippen LogP contribution in [0.3, 0.4) is 0 Å². The quantitative estimate of drug-likeness (QED) is 0.646. The Hall–Kier alpha value is -2.03. The van der Waals surface area contributed by atoms with Gasteiger partial charge in [0.2, 0.25) is 15.9 Å². The number of nitrogens with zero attached hydrogens (tertiary/aromatic N) is 2. The normalized spacial score (nSPS) is 14.2. The SMILES string of the molecule is CC(=O)c1ccc(S(=O)(=O)N(C)CCCC(=O)N2CCc3sccc3C2)cc1. The number of hydrogen-bond donors (Lipinski definition) is 0. The zero-order valence-corrected chi connectivity index (χ0v) is 17.7. The molecule has 1 amide bonds. The van der Waals surface area contributed by atoms with Gasteiger partial charge in [0.05, 0.1) is 4.90 Å². The Morgan fingerprint density at radius 1 is 1.18 bits per heavy atom. The predicted molar refractivity (Wildman–Crippen MR) is 109 cm³/mol. The van der Waals surface area contributed by atoms with Crippen LogP contribution < -0.4 is 0 Å². The summed E-state index contributed by atoms with van der Waals surface area (Å²) in [4.78, 5) is 27.1. The Labute approximate surface area is 169 Å². The number of amides is 1. The number of Topliss-reactive ketones (excluding diaryl/α,β-unsaturated/α-hetero) is 1. The van der Waals surface area contributed by atoms with Crippen molar-refractivity contribution in [2.24, 2.45) is 0 Å². The molecule has 8 heteroatoms. The van der Waals surface area contributed by atoms with Gasteiger partial charge in [-0.1, -0.05) is 12.1 Å². The van der Waals surface area contributed by atoms with E-state index in [1.165, 1.54) is 53.0 Å². The smallest absolute Gasteiger partial charge is 0.242 e. The Morgan fingerprint density at radius 2 is 1.89 bits per heavy atom. The number of fused-ring (bicyclic) bond motifs is 1. The summed E-state index contributed by atoms with van der Waals surface area (Å²) in [5.41, 5.74) is 1.70. The van der Waals surface area contributed by atoms with Crippen LogP contribution in [0.4, 0.5) is 0 Å². The van der Waals surface area contributed by atoms with Gasteiger partial charge in [-0.25, -0.2) is 12.7 Å². The second kappa shape index (κ2) is 8.55. The molecular formula is C20H24N2O4S2. The first-order valence-corrected chi connectivity index (χ1v) is 11.5. The molecule has 6 nitrogen and oxygen atoms in total. The maximum atomic E-state index is 12.6. The van der Waals surface area contributed by atoms with E-state index in [4.69, 9.17) is 0 Å². The lowest BCUT2D eigenvalue weighted by Crippen LogP contribution is -2.36. The highest BCUT2D eigenvalue weighted by Gasteiger charge is 2.23. The van der Waals surface area contributed by atoms with Gasteiger partial charge in [-0.3, -0.25) is 9.59 Å². The van der Waals surface area contributed by atoms with Crippen molar-refractivity contribution in [3.63, 3.8) is 0 Å². The van der Waals surface area contributed by atoms with Crippen molar-refractivity contribution in [1.29, 1.82) is 0 Å². The van der Waals surface area contributed by atoms with Crippen LogP contribution >= 0.6 is 11.3 Å². The van der Waals surface area contributed by atoms with Gasteiger partial charge >= 0.3 is 0 Å². The molecule has 0 atom stereocenters. The molecule has 0 saturated heterocycles. The monoisotopic (exact) mass is 420 g/mol. The van der Waals surface area contributed by atoms with Crippen LogP contribution in [0.25, 0.3) is 0 Å². The first kappa shape index (κ1) is 20.7. The molecule has 28 heavy (non-hydrogen) atoms. The second-order valence-corrected chi connectivity index (χ2v) is 9.99. The minimum absolute atomic E-state index is 0.0634. The van der Waals surface area contributed by atoms with Crippen molar-refractivity contribution in [2.75, 3.05) is 20.1 Å². The minimum atomic E-state index is -3.64. The number of hydrogen-bond acceptors (Lipinski definition) is 5. The van der Waals surface area contributed by atoms with Crippen LogP contribution in [0, 0.1) is 0 Å². The van der Waals surface area contributed by atoms with Gasteiger partial charge in [-0.2, -0.15) is 0 Å². The van der Waals surface area contributed by atoms with Gasteiger partial charge in [0.15, 0.2) is 5.78 Å². The molecule has 0 N–H and O–H groups in total. The summed E-state index contributed by atoms with van der Waals surface area (Å²) in [7, 11) is -2.13. The van der Waals surface area contributed by atoms with E-state index < -0.39 is 10.0 Å². The van der Waals surface area contributed by atoms with Crippen LogP contribution in [0.5, 0.6) is 0 Å². The average molecular weight is 421 g/mol. The van der Waals surface area contributed by atoms with E-state index in [-0.39, 0.29) is 23.1 Å². The van der Waals surface area contributed by atoms with Gasteiger partial charge in [-0.05, 0) is 48.9 Å². The molecule has 0 saturated carbocycles. The fraction of sp³-hybridized carbons (Fsp3) is 0.400. The lowest BCUT2D eigenvalue weighted by Gasteiger charge is -2.27. The molecule has 1 aromatic carbocycles. The zero-order chi connectivity index (χ0) is 20.3. The molecule has 0 bridgehead atoms. The molecule has 0 fully saturated rings. The molecule has 1 aliphatic rings. The van der Waals surface area contributed by atoms with E-state index in [2.05, 4.69) is 11.4 Å². The second-order valence-electron chi connectivity index (χ2n) is 6.95. The standard InChI is InChI=1S/C20H24N2O4S2/c1-15(23)16-5-7-18(8-6-16)28(25,26)21(2)11-3-4-20(24)22-12-9-19-17(14-22)10-13-27-19/h5-8,10,13H,3-4,9,11-12,14H2,1-2H3. The topological polar surface area (TPSA) is 74.8 Å². The summed E-state index contributed by atoms with van der Waals surface area (Å²) in [6, 6.07) is 7.99. The van der Waals surface area contributed by atoms with E-state index in [1.807, 2.05) is 4.90 Å². The van der Waals surface area contributed by atoms with Gasteiger partial charge in [0.25, 0.3) is 0 Å². The minimum Gasteiger partial charge on any atom is -0.338 e. The molecular weight excluding hydrogens is 396 g/mol. The predicted octanol–water partition coefficient (Wildman–Crippen LogP) is 2.94. The fourth-order valence-corrected chi connectivity index (χ4v) is 5.33. The molecule has 3 rings (SSSR count). The molecule has 0 aliphatic carbocycles. The molecule has 2 aromatic rings. The van der Waals surface area contributed by atoms with Crippen molar-refractivity contribution >= 4 is 33.1 Å². The third kappa shape index (κ3) is 4.51. The molecule has 150 valence electrons. The molecule has 0 radical (unpaired) electrons. The number of sulfonamides is 1.